The lowest BCUT2D eigenvalue weighted by Gasteiger charge is -2.34. The number of rotatable bonds is 3. The fourth-order valence-corrected chi connectivity index (χ4v) is 2.37. The van der Waals surface area contributed by atoms with Crippen molar-refractivity contribution in [1.82, 2.24) is 0 Å². The fraction of sp³-hybridized carbons (Fsp3) is 0.533. The van der Waals surface area contributed by atoms with Crippen LogP contribution in [0.5, 0.6) is 5.75 Å². The maximum atomic E-state index is 12.2. The van der Waals surface area contributed by atoms with E-state index < -0.39 is 0 Å². The number of hydrogen-bond acceptors (Lipinski definition) is 3. The van der Waals surface area contributed by atoms with Gasteiger partial charge in [0.25, 0.3) is 0 Å². The van der Waals surface area contributed by atoms with Gasteiger partial charge in [-0.25, -0.2) is 0 Å². The van der Waals surface area contributed by atoms with Crippen molar-refractivity contribution in [2.75, 3.05) is 19.0 Å². The summed E-state index contributed by atoms with van der Waals surface area (Å²) >= 11 is 0. The molecule has 104 valence electrons. The van der Waals surface area contributed by atoms with Crippen LogP contribution in [0, 0.1) is 5.92 Å². The number of carbonyl (C=O) groups is 1. The summed E-state index contributed by atoms with van der Waals surface area (Å²) < 4.78 is 10.7. The van der Waals surface area contributed by atoms with Crippen LogP contribution in [0.15, 0.2) is 24.3 Å². The van der Waals surface area contributed by atoms with Crippen LogP contribution < -0.4 is 10.1 Å². The van der Waals surface area contributed by atoms with Gasteiger partial charge >= 0.3 is 0 Å². The smallest absolute Gasteiger partial charge is 0.227 e. The zero-order valence-corrected chi connectivity index (χ0v) is 11.7. The Balaban J connectivity index is 1.96. The van der Waals surface area contributed by atoms with Crippen molar-refractivity contribution in [2.24, 2.45) is 5.92 Å². The molecule has 4 heteroatoms. The van der Waals surface area contributed by atoms with Gasteiger partial charge in [-0.3, -0.25) is 4.79 Å². The molecule has 1 aliphatic rings. The van der Waals surface area contributed by atoms with Crippen LogP contribution in [0.2, 0.25) is 0 Å². The number of anilines is 1. The van der Waals surface area contributed by atoms with Crippen molar-refractivity contribution >= 4 is 11.6 Å². The molecule has 1 fully saturated rings. The number of amides is 1. The summed E-state index contributed by atoms with van der Waals surface area (Å²) in [6.45, 7) is 4.70. The lowest BCUT2D eigenvalue weighted by Crippen LogP contribution is -2.39. The summed E-state index contributed by atoms with van der Waals surface area (Å²) in [4.78, 5) is 12.2. The molecule has 0 unspecified atom stereocenters. The van der Waals surface area contributed by atoms with Gasteiger partial charge in [0.1, 0.15) is 5.75 Å². The van der Waals surface area contributed by atoms with Crippen molar-refractivity contribution in [2.45, 2.75) is 32.3 Å². The normalized spacial score (nSPS) is 21.7. The highest BCUT2D eigenvalue weighted by Gasteiger charge is 2.32. The molecule has 19 heavy (non-hydrogen) atoms. The monoisotopic (exact) mass is 263 g/mol. The molecule has 1 amide bonds. The largest absolute Gasteiger partial charge is 0.497 e. The molecule has 0 aromatic heterocycles. The summed E-state index contributed by atoms with van der Waals surface area (Å²) in [5, 5.41) is 2.95. The highest BCUT2D eigenvalue weighted by molar-refractivity contribution is 5.92. The Hall–Kier alpha value is -1.55. The minimum atomic E-state index is -0.208. The molecule has 1 heterocycles. The third-order valence-corrected chi connectivity index (χ3v) is 3.43. The first-order chi connectivity index (χ1) is 9.00. The Bertz CT molecular complexity index is 439. The average Bonchev–Trinajstić information content (AvgIpc) is 2.38. The fourth-order valence-electron chi connectivity index (χ4n) is 2.37. The van der Waals surface area contributed by atoms with Crippen molar-refractivity contribution in [3.63, 3.8) is 0 Å². The van der Waals surface area contributed by atoms with Crippen LogP contribution >= 0.6 is 0 Å². The highest BCUT2D eigenvalue weighted by atomic mass is 16.5. The summed E-state index contributed by atoms with van der Waals surface area (Å²) in [6, 6.07) is 7.37. The van der Waals surface area contributed by atoms with E-state index in [-0.39, 0.29) is 17.4 Å². The average molecular weight is 263 g/mol. The molecule has 1 atom stereocenters. The number of nitrogens with one attached hydrogen (secondary N) is 1. The van der Waals surface area contributed by atoms with E-state index in [0.717, 1.165) is 24.3 Å². The Labute approximate surface area is 114 Å². The van der Waals surface area contributed by atoms with E-state index >= 15 is 0 Å². The molecule has 1 aromatic carbocycles. The van der Waals surface area contributed by atoms with Crippen molar-refractivity contribution in [3.8, 4) is 5.75 Å². The molecule has 1 N–H and O–H groups in total. The maximum Gasteiger partial charge on any atom is 0.227 e. The topological polar surface area (TPSA) is 47.6 Å². The zero-order chi connectivity index (χ0) is 13.9. The Kier molecular flexibility index (Phi) is 4.10. The van der Waals surface area contributed by atoms with Gasteiger partial charge in [-0.2, -0.15) is 0 Å². The van der Waals surface area contributed by atoms with E-state index in [2.05, 4.69) is 5.32 Å². The molecule has 0 radical (unpaired) electrons. The van der Waals surface area contributed by atoms with E-state index in [1.807, 2.05) is 38.1 Å². The van der Waals surface area contributed by atoms with Gasteiger partial charge in [0.15, 0.2) is 0 Å². The van der Waals surface area contributed by atoms with Crippen LogP contribution in [0.25, 0.3) is 0 Å². The van der Waals surface area contributed by atoms with E-state index in [1.54, 1.807) is 7.11 Å². The predicted octanol–water partition coefficient (Wildman–Crippen LogP) is 2.84. The van der Waals surface area contributed by atoms with E-state index in [1.165, 1.54) is 0 Å². The van der Waals surface area contributed by atoms with Crippen molar-refractivity contribution in [3.05, 3.63) is 24.3 Å². The van der Waals surface area contributed by atoms with Crippen LogP contribution in [0.1, 0.15) is 26.7 Å². The quantitative estimate of drug-likeness (QED) is 0.912. The third-order valence-electron chi connectivity index (χ3n) is 3.43. The molecule has 0 bridgehead atoms. The zero-order valence-electron chi connectivity index (χ0n) is 11.7. The lowest BCUT2D eigenvalue weighted by molar-refractivity contribution is -0.130. The third kappa shape index (κ3) is 3.70. The SMILES string of the molecule is COc1ccc(NC(=O)[C@@H]2CCOC(C)(C)C2)cc1. The molecular weight excluding hydrogens is 242 g/mol. The van der Waals surface area contributed by atoms with Gasteiger partial charge in [-0.05, 0) is 51.0 Å². The number of ether oxygens (including phenoxy) is 2. The highest BCUT2D eigenvalue weighted by Crippen LogP contribution is 2.29. The number of carbonyl (C=O) groups excluding carboxylic acids is 1. The minimum absolute atomic E-state index is 0.0193. The van der Waals surface area contributed by atoms with Crippen LogP contribution in [-0.4, -0.2) is 25.2 Å². The molecule has 4 nitrogen and oxygen atoms in total. The van der Waals surface area contributed by atoms with Crippen LogP contribution in [0.4, 0.5) is 5.69 Å². The summed E-state index contributed by atoms with van der Waals surface area (Å²) in [7, 11) is 1.62. The van der Waals surface area contributed by atoms with Crippen LogP contribution in [-0.2, 0) is 9.53 Å². The standard InChI is InChI=1S/C15H21NO3/c1-15(2)10-11(8-9-19-15)14(17)16-12-4-6-13(18-3)7-5-12/h4-7,11H,8-10H2,1-3H3,(H,16,17)/t11-/m1/s1. The second-order valence-corrected chi connectivity index (χ2v) is 5.52. The second-order valence-electron chi connectivity index (χ2n) is 5.52. The van der Waals surface area contributed by atoms with Crippen molar-refractivity contribution in [1.29, 1.82) is 0 Å². The van der Waals surface area contributed by atoms with Gasteiger partial charge in [0, 0.05) is 18.2 Å². The first-order valence-corrected chi connectivity index (χ1v) is 6.59. The van der Waals surface area contributed by atoms with Gasteiger partial charge in [0.2, 0.25) is 5.91 Å². The summed E-state index contributed by atoms with van der Waals surface area (Å²) in [5.41, 5.74) is 0.593. The van der Waals surface area contributed by atoms with E-state index in [9.17, 15) is 4.79 Å². The number of benzene rings is 1. The second kappa shape index (κ2) is 5.61. The molecule has 0 spiro atoms. The van der Waals surface area contributed by atoms with E-state index in [0.29, 0.717) is 6.61 Å². The molecule has 0 saturated carbocycles. The summed E-state index contributed by atoms with van der Waals surface area (Å²) in [5.74, 6) is 0.873. The van der Waals surface area contributed by atoms with Crippen LogP contribution in [0.3, 0.4) is 0 Å². The number of methoxy groups -OCH3 is 1. The summed E-state index contributed by atoms with van der Waals surface area (Å²) in [6.07, 6.45) is 1.54. The molecular formula is C15H21NO3. The first-order valence-electron chi connectivity index (χ1n) is 6.59. The molecule has 1 saturated heterocycles. The number of hydrogen-bond donors (Lipinski definition) is 1. The molecule has 2 rings (SSSR count). The Morgan fingerprint density at radius 3 is 2.63 bits per heavy atom. The van der Waals surface area contributed by atoms with Gasteiger partial charge in [0.05, 0.1) is 12.7 Å². The lowest BCUT2D eigenvalue weighted by atomic mass is 9.88. The minimum Gasteiger partial charge on any atom is -0.497 e. The Morgan fingerprint density at radius 1 is 1.37 bits per heavy atom. The van der Waals surface area contributed by atoms with Gasteiger partial charge in [-0.1, -0.05) is 0 Å². The molecule has 0 aliphatic carbocycles. The predicted molar refractivity (Wildman–Crippen MR) is 74.4 cm³/mol. The van der Waals surface area contributed by atoms with Gasteiger partial charge in [-0.15, -0.1) is 0 Å². The van der Waals surface area contributed by atoms with E-state index in [4.69, 9.17) is 9.47 Å². The first kappa shape index (κ1) is 13.9. The maximum absolute atomic E-state index is 12.2. The molecule has 1 aromatic rings. The molecule has 1 aliphatic heterocycles. The van der Waals surface area contributed by atoms with Gasteiger partial charge < -0.3 is 14.8 Å². The van der Waals surface area contributed by atoms with Crippen molar-refractivity contribution < 1.29 is 14.3 Å². The Morgan fingerprint density at radius 2 is 2.05 bits per heavy atom.